The number of hydrogen-bond acceptors (Lipinski definition) is 0. The van der Waals surface area contributed by atoms with E-state index in [1.807, 2.05) is 19.9 Å². The van der Waals surface area contributed by atoms with Gasteiger partial charge in [0, 0.05) is 0 Å². The van der Waals surface area contributed by atoms with Crippen LogP contribution >= 0.6 is 0 Å². The fourth-order valence-electron chi connectivity index (χ4n) is 0.950. The molecule has 0 nitrogen and oxygen atoms in total. The van der Waals surface area contributed by atoms with Crippen LogP contribution in [0.2, 0.25) is 0 Å². The maximum absolute atomic E-state index is 2.22. The summed E-state index contributed by atoms with van der Waals surface area (Å²) in [5.74, 6) is 0. The molecule has 0 spiro atoms. The summed E-state index contributed by atoms with van der Waals surface area (Å²) in [7, 11) is 0. The Morgan fingerprint density at radius 3 is 2.23 bits per heavy atom. The van der Waals surface area contributed by atoms with Crippen LogP contribution in [0.15, 0.2) is 36.4 Å². The SMILES string of the molecule is CC.CCC/C=C/c1ccccc1. The highest BCUT2D eigenvalue weighted by atomic mass is 13.9. The molecule has 0 aliphatic heterocycles. The van der Waals surface area contributed by atoms with Gasteiger partial charge in [0.25, 0.3) is 0 Å². The highest BCUT2D eigenvalue weighted by molar-refractivity contribution is 5.48. The zero-order valence-corrected chi connectivity index (χ0v) is 8.96. The fraction of sp³-hybridized carbons (Fsp3) is 0.385. The minimum Gasteiger partial charge on any atom is -0.0840 e. The Morgan fingerprint density at radius 2 is 1.69 bits per heavy atom. The Balaban J connectivity index is 0.000000671. The van der Waals surface area contributed by atoms with Crippen LogP contribution in [0.3, 0.4) is 0 Å². The van der Waals surface area contributed by atoms with E-state index in [0.717, 1.165) is 0 Å². The lowest BCUT2D eigenvalue weighted by Gasteiger charge is -1.89. The van der Waals surface area contributed by atoms with Crippen LogP contribution in [0, 0.1) is 0 Å². The van der Waals surface area contributed by atoms with Gasteiger partial charge < -0.3 is 0 Å². The fourth-order valence-corrected chi connectivity index (χ4v) is 0.950. The van der Waals surface area contributed by atoms with E-state index in [1.54, 1.807) is 0 Å². The van der Waals surface area contributed by atoms with Crippen molar-refractivity contribution < 1.29 is 0 Å². The van der Waals surface area contributed by atoms with Crippen molar-refractivity contribution in [2.75, 3.05) is 0 Å². The molecule has 0 N–H and O–H groups in total. The highest BCUT2D eigenvalue weighted by Crippen LogP contribution is 2.02. The lowest BCUT2D eigenvalue weighted by Crippen LogP contribution is -1.68. The lowest BCUT2D eigenvalue weighted by molar-refractivity contribution is 0.962. The molecule has 0 heterocycles. The number of hydrogen-bond donors (Lipinski definition) is 0. The van der Waals surface area contributed by atoms with Crippen LogP contribution in [-0.4, -0.2) is 0 Å². The molecule has 1 rings (SSSR count). The number of rotatable bonds is 3. The molecule has 0 saturated carbocycles. The summed E-state index contributed by atoms with van der Waals surface area (Å²) in [4.78, 5) is 0. The van der Waals surface area contributed by atoms with Crippen LogP contribution in [0.4, 0.5) is 0 Å². The predicted molar refractivity (Wildman–Crippen MR) is 61.7 cm³/mol. The van der Waals surface area contributed by atoms with Gasteiger partial charge in [0.2, 0.25) is 0 Å². The quantitative estimate of drug-likeness (QED) is 0.635. The third kappa shape index (κ3) is 6.15. The summed E-state index contributed by atoms with van der Waals surface area (Å²) in [5.41, 5.74) is 1.29. The molecule has 0 amide bonds. The van der Waals surface area contributed by atoms with Gasteiger partial charge in [-0.3, -0.25) is 0 Å². The van der Waals surface area contributed by atoms with Crippen molar-refractivity contribution in [2.24, 2.45) is 0 Å². The molecule has 0 atom stereocenters. The van der Waals surface area contributed by atoms with Crippen molar-refractivity contribution >= 4 is 6.08 Å². The van der Waals surface area contributed by atoms with Gasteiger partial charge >= 0.3 is 0 Å². The van der Waals surface area contributed by atoms with E-state index in [9.17, 15) is 0 Å². The first-order valence-electron chi connectivity index (χ1n) is 5.15. The van der Waals surface area contributed by atoms with Crippen molar-refractivity contribution in [3.8, 4) is 0 Å². The zero-order valence-electron chi connectivity index (χ0n) is 8.96. The summed E-state index contributed by atoms with van der Waals surface area (Å²) in [5, 5.41) is 0. The topological polar surface area (TPSA) is 0 Å². The van der Waals surface area contributed by atoms with E-state index in [2.05, 4.69) is 43.3 Å². The Bertz CT molecular complexity index is 209. The van der Waals surface area contributed by atoms with Crippen LogP contribution < -0.4 is 0 Å². The van der Waals surface area contributed by atoms with E-state index < -0.39 is 0 Å². The highest BCUT2D eigenvalue weighted by Gasteiger charge is 1.80. The van der Waals surface area contributed by atoms with Crippen molar-refractivity contribution in [3.63, 3.8) is 0 Å². The Morgan fingerprint density at radius 1 is 1.08 bits per heavy atom. The average Bonchev–Trinajstić information content (AvgIpc) is 2.23. The van der Waals surface area contributed by atoms with E-state index in [1.165, 1.54) is 18.4 Å². The molecule has 0 bridgehead atoms. The second-order valence-electron chi connectivity index (χ2n) is 2.60. The first-order chi connectivity index (χ1) is 6.43. The monoisotopic (exact) mass is 176 g/mol. The van der Waals surface area contributed by atoms with Gasteiger partial charge in [-0.1, -0.05) is 69.7 Å². The van der Waals surface area contributed by atoms with E-state index in [-0.39, 0.29) is 0 Å². The first-order valence-corrected chi connectivity index (χ1v) is 5.15. The van der Waals surface area contributed by atoms with Crippen LogP contribution in [0.1, 0.15) is 39.2 Å². The summed E-state index contributed by atoms with van der Waals surface area (Å²) in [6.07, 6.45) is 6.79. The van der Waals surface area contributed by atoms with E-state index in [0.29, 0.717) is 0 Å². The van der Waals surface area contributed by atoms with Gasteiger partial charge in [-0.2, -0.15) is 0 Å². The molecule has 72 valence electrons. The minimum atomic E-state index is 1.18. The Hall–Kier alpha value is -1.04. The maximum atomic E-state index is 2.22. The Kier molecular flexibility index (Phi) is 8.33. The van der Waals surface area contributed by atoms with E-state index >= 15 is 0 Å². The summed E-state index contributed by atoms with van der Waals surface area (Å²) in [6, 6.07) is 10.4. The molecule has 0 aliphatic carbocycles. The molecule has 0 aliphatic rings. The molecular formula is C13H20. The van der Waals surface area contributed by atoms with Crippen molar-refractivity contribution in [1.82, 2.24) is 0 Å². The van der Waals surface area contributed by atoms with Gasteiger partial charge in [0.05, 0.1) is 0 Å². The predicted octanol–water partition coefficient (Wildman–Crippen LogP) is 4.53. The molecule has 0 fully saturated rings. The molecule has 0 radical (unpaired) electrons. The standard InChI is InChI=1S/C11H14.C2H6/c1-2-3-5-8-11-9-6-4-7-10-11;1-2/h4-10H,2-3H2,1H3;1-2H3/b8-5+;. The maximum Gasteiger partial charge on any atom is -0.0260 e. The molecule has 13 heavy (non-hydrogen) atoms. The molecule has 1 aromatic carbocycles. The first kappa shape index (κ1) is 12.0. The van der Waals surface area contributed by atoms with E-state index in [4.69, 9.17) is 0 Å². The largest absolute Gasteiger partial charge is 0.0840 e. The van der Waals surface area contributed by atoms with Gasteiger partial charge in [-0.25, -0.2) is 0 Å². The second kappa shape index (κ2) is 9.05. The second-order valence-corrected chi connectivity index (χ2v) is 2.60. The molecular weight excluding hydrogens is 156 g/mol. The van der Waals surface area contributed by atoms with Gasteiger partial charge in [-0.05, 0) is 12.0 Å². The van der Waals surface area contributed by atoms with Crippen LogP contribution in [0.25, 0.3) is 6.08 Å². The molecule has 0 heteroatoms. The van der Waals surface area contributed by atoms with Crippen LogP contribution in [0.5, 0.6) is 0 Å². The number of allylic oxidation sites excluding steroid dienone is 1. The molecule has 1 aromatic rings. The molecule has 0 saturated heterocycles. The smallest absolute Gasteiger partial charge is 0.0260 e. The van der Waals surface area contributed by atoms with Crippen molar-refractivity contribution in [2.45, 2.75) is 33.6 Å². The lowest BCUT2D eigenvalue weighted by atomic mass is 10.2. The number of benzene rings is 1. The van der Waals surface area contributed by atoms with Gasteiger partial charge in [0.15, 0.2) is 0 Å². The third-order valence-corrected chi connectivity index (χ3v) is 1.57. The average molecular weight is 176 g/mol. The molecule has 0 unspecified atom stereocenters. The Labute approximate surface area is 82.3 Å². The minimum absolute atomic E-state index is 1.18. The van der Waals surface area contributed by atoms with Gasteiger partial charge in [-0.15, -0.1) is 0 Å². The number of unbranched alkanes of at least 4 members (excludes halogenated alkanes) is 1. The summed E-state index contributed by atoms with van der Waals surface area (Å²) in [6.45, 7) is 6.19. The zero-order chi connectivity index (χ0) is 9.94. The van der Waals surface area contributed by atoms with Crippen LogP contribution in [-0.2, 0) is 0 Å². The third-order valence-electron chi connectivity index (χ3n) is 1.57. The van der Waals surface area contributed by atoms with Crippen molar-refractivity contribution in [1.29, 1.82) is 0 Å². The van der Waals surface area contributed by atoms with Gasteiger partial charge in [0.1, 0.15) is 0 Å². The molecule has 0 aromatic heterocycles. The normalized spacial score (nSPS) is 9.46. The summed E-state index contributed by atoms with van der Waals surface area (Å²) < 4.78 is 0. The summed E-state index contributed by atoms with van der Waals surface area (Å²) >= 11 is 0. The van der Waals surface area contributed by atoms with Crippen molar-refractivity contribution in [3.05, 3.63) is 42.0 Å².